The zero-order chi connectivity index (χ0) is 18.8. The van der Waals surface area contributed by atoms with Crippen LogP contribution < -0.4 is 5.32 Å². The summed E-state index contributed by atoms with van der Waals surface area (Å²) in [5, 5.41) is 5.88. The van der Waals surface area contributed by atoms with Gasteiger partial charge in [0.2, 0.25) is 0 Å². The van der Waals surface area contributed by atoms with E-state index < -0.39 is 0 Å². The molecule has 1 fully saturated rings. The highest BCUT2D eigenvalue weighted by molar-refractivity contribution is 5.80. The molecule has 1 atom stereocenters. The van der Waals surface area contributed by atoms with Crippen LogP contribution in [0.5, 0.6) is 0 Å². The molecule has 4 nitrogen and oxygen atoms in total. The molecule has 28 heavy (non-hydrogen) atoms. The second kappa shape index (κ2) is 7.66. The van der Waals surface area contributed by atoms with Crippen molar-refractivity contribution < 1.29 is 0 Å². The molecule has 0 radical (unpaired) electrons. The monoisotopic (exact) mass is 368 g/mol. The van der Waals surface area contributed by atoms with Gasteiger partial charge in [0.05, 0.1) is 22.8 Å². The highest BCUT2D eigenvalue weighted by atomic mass is 15.2. The third kappa shape index (κ3) is 3.37. The summed E-state index contributed by atoms with van der Waals surface area (Å²) in [4.78, 5) is 12.3. The van der Waals surface area contributed by atoms with Crippen molar-refractivity contribution in [3.05, 3.63) is 84.2 Å². The second-order valence-electron chi connectivity index (χ2n) is 7.43. The molecule has 0 aliphatic carbocycles. The van der Waals surface area contributed by atoms with Crippen molar-refractivity contribution in [2.75, 3.05) is 26.2 Å². The van der Waals surface area contributed by atoms with Crippen molar-refractivity contribution in [2.24, 2.45) is 0 Å². The Morgan fingerprint density at radius 1 is 0.821 bits per heavy atom. The number of benzene rings is 2. The molecule has 0 saturated carbocycles. The van der Waals surface area contributed by atoms with E-state index in [2.05, 4.69) is 70.9 Å². The van der Waals surface area contributed by atoms with E-state index in [9.17, 15) is 0 Å². The zero-order valence-electron chi connectivity index (χ0n) is 15.9. The smallest absolute Gasteiger partial charge is 0.0792 e. The third-order valence-corrected chi connectivity index (χ3v) is 5.57. The summed E-state index contributed by atoms with van der Waals surface area (Å²) in [6, 6.07) is 23.4. The van der Waals surface area contributed by atoms with Crippen LogP contribution in [0.3, 0.4) is 0 Å². The van der Waals surface area contributed by atoms with E-state index >= 15 is 0 Å². The Morgan fingerprint density at radius 3 is 2.57 bits per heavy atom. The molecule has 140 valence electrons. The second-order valence-corrected chi connectivity index (χ2v) is 7.43. The molecule has 1 aliphatic heterocycles. The first kappa shape index (κ1) is 17.3. The number of rotatable bonds is 3. The first-order chi connectivity index (χ1) is 13.9. The van der Waals surface area contributed by atoms with Gasteiger partial charge in [0, 0.05) is 36.6 Å². The molecular formula is C24H24N4. The minimum absolute atomic E-state index is 0.113. The first-order valence-electron chi connectivity index (χ1n) is 10.0. The Kier molecular flexibility index (Phi) is 4.73. The number of nitrogens with zero attached hydrogens (tertiary/aromatic N) is 3. The lowest BCUT2D eigenvalue weighted by Gasteiger charge is -2.30. The van der Waals surface area contributed by atoms with Gasteiger partial charge < -0.3 is 5.32 Å². The summed E-state index contributed by atoms with van der Waals surface area (Å²) >= 11 is 0. The van der Waals surface area contributed by atoms with E-state index in [4.69, 9.17) is 9.97 Å². The molecule has 0 bridgehead atoms. The molecule has 0 amide bonds. The molecule has 4 heteroatoms. The van der Waals surface area contributed by atoms with Crippen LogP contribution in [-0.4, -0.2) is 41.0 Å². The van der Waals surface area contributed by atoms with Crippen LogP contribution in [0.25, 0.3) is 21.8 Å². The van der Waals surface area contributed by atoms with E-state index in [1.54, 1.807) is 0 Å². The number of fused-ring (bicyclic) bond motifs is 2. The lowest BCUT2D eigenvalue weighted by molar-refractivity contribution is 0.237. The van der Waals surface area contributed by atoms with Gasteiger partial charge in [-0.25, -0.2) is 0 Å². The predicted molar refractivity (Wildman–Crippen MR) is 114 cm³/mol. The fourth-order valence-corrected chi connectivity index (χ4v) is 4.17. The molecule has 1 saturated heterocycles. The lowest BCUT2D eigenvalue weighted by atomic mass is 10.00. The van der Waals surface area contributed by atoms with E-state index in [1.807, 2.05) is 12.3 Å². The number of para-hydroxylation sites is 2. The fourth-order valence-electron chi connectivity index (χ4n) is 4.17. The van der Waals surface area contributed by atoms with Crippen LogP contribution in [0, 0.1) is 0 Å². The van der Waals surface area contributed by atoms with Crippen LogP contribution in [-0.2, 0) is 0 Å². The predicted octanol–water partition coefficient (Wildman–Crippen LogP) is 4.17. The van der Waals surface area contributed by atoms with Gasteiger partial charge in [0.1, 0.15) is 0 Å². The molecule has 1 aliphatic rings. The number of hydrogen-bond acceptors (Lipinski definition) is 4. The summed E-state index contributed by atoms with van der Waals surface area (Å²) in [6.45, 7) is 4.14. The van der Waals surface area contributed by atoms with Crippen molar-refractivity contribution in [2.45, 2.75) is 12.5 Å². The molecule has 3 heterocycles. The van der Waals surface area contributed by atoms with Crippen LogP contribution in [0.2, 0.25) is 0 Å². The summed E-state index contributed by atoms with van der Waals surface area (Å²) in [5.74, 6) is 0. The Morgan fingerprint density at radius 2 is 1.64 bits per heavy atom. The van der Waals surface area contributed by atoms with Crippen LogP contribution in [0.4, 0.5) is 0 Å². The van der Waals surface area contributed by atoms with Crippen molar-refractivity contribution in [3.63, 3.8) is 0 Å². The first-order valence-corrected chi connectivity index (χ1v) is 10.0. The van der Waals surface area contributed by atoms with Crippen LogP contribution in [0.15, 0.2) is 72.9 Å². The molecule has 4 aromatic rings. The Hall–Kier alpha value is -2.82. The van der Waals surface area contributed by atoms with E-state index in [0.717, 1.165) is 49.3 Å². The van der Waals surface area contributed by atoms with Crippen molar-refractivity contribution in [1.82, 2.24) is 20.2 Å². The molecule has 2 aromatic carbocycles. The molecule has 2 aromatic heterocycles. The molecule has 0 spiro atoms. The van der Waals surface area contributed by atoms with Crippen molar-refractivity contribution in [1.29, 1.82) is 0 Å². The quantitative estimate of drug-likeness (QED) is 0.589. The summed E-state index contributed by atoms with van der Waals surface area (Å²) in [5.41, 5.74) is 4.39. The third-order valence-electron chi connectivity index (χ3n) is 5.57. The maximum atomic E-state index is 5.05. The SMILES string of the molecule is c1ccc2ncc(C(c3ccc4ccccc4n3)N3CCCNCC3)cc2c1. The summed E-state index contributed by atoms with van der Waals surface area (Å²) < 4.78 is 0. The van der Waals surface area contributed by atoms with Crippen molar-refractivity contribution >= 4 is 21.8 Å². The van der Waals surface area contributed by atoms with Gasteiger partial charge >= 0.3 is 0 Å². The van der Waals surface area contributed by atoms with Gasteiger partial charge in [-0.1, -0.05) is 42.5 Å². The fraction of sp³-hybridized carbons (Fsp3) is 0.250. The van der Waals surface area contributed by atoms with Gasteiger partial charge in [-0.3, -0.25) is 14.9 Å². The van der Waals surface area contributed by atoms with Crippen LogP contribution >= 0.6 is 0 Å². The minimum Gasteiger partial charge on any atom is -0.315 e. The Balaban J connectivity index is 1.64. The molecular weight excluding hydrogens is 344 g/mol. The van der Waals surface area contributed by atoms with Gasteiger partial charge in [0.25, 0.3) is 0 Å². The molecule has 1 N–H and O–H groups in total. The number of hydrogen-bond donors (Lipinski definition) is 1. The lowest BCUT2D eigenvalue weighted by Crippen LogP contribution is -2.33. The summed E-state index contributed by atoms with van der Waals surface area (Å²) in [6.07, 6.45) is 3.17. The molecule has 1 unspecified atom stereocenters. The highest BCUT2D eigenvalue weighted by Crippen LogP contribution is 2.30. The van der Waals surface area contributed by atoms with E-state index in [-0.39, 0.29) is 6.04 Å². The molecule has 5 rings (SSSR count). The normalized spacial score (nSPS) is 16.9. The maximum Gasteiger partial charge on any atom is 0.0792 e. The largest absolute Gasteiger partial charge is 0.315 e. The minimum atomic E-state index is 0.113. The number of nitrogens with one attached hydrogen (secondary N) is 1. The van der Waals surface area contributed by atoms with Gasteiger partial charge in [-0.05, 0) is 42.8 Å². The number of aromatic nitrogens is 2. The maximum absolute atomic E-state index is 5.05. The zero-order valence-corrected chi connectivity index (χ0v) is 15.9. The highest BCUT2D eigenvalue weighted by Gasteiger charge is 2.25. The van der Waals surface area contributed by atoms with Gasteiger partial charge in [0.15, 0.2) is 0 Å². The summed E-state index contributed by atoms with van der Waals surface area (Å²) in [7, 11) is 0. The Labute approximate surface area is 165 Å². The van der Waals surface area contributed by atoms with Gasteiger partial charge in [-0.2, -0.15) is 0 Å². The van der Waals surface area contributed by atoms with E-state index in [0.29, 0.717) is 0 Å². The standard InChI is InChI=1S/C24H24N4/c1-4-9-22-18(6-1)10-11-23(27-22)24(28-14-5-12-25-13-15-28)20-16-19-7-2-3-8-21(19)26-17-20/h1-4,6-11,16-17,24-25H,5,12-15H2. The topological polar surface area (TPSA) is 41.1 Å². The Bertz CT molecular complexity index is 1020. The number of pyridine rings is 2. The average molecular weight is 368 g/mol. The van der Waals surface area contributed by atoms with E-state index in [1.165, 1.54) is 16.3 Å². The van der Waals surface area contributed by atoms with Crippen molar-refractivity contribution in [3.8, 4) is 0 Å². The van der Waals surface area contributed by atoms with Gasteiger partial charge in [-0.15, -0.1) is 0 Å². The van der Waals surface area contributed by atoms with Crippen LogP contribution in [0.1, 0.15) is 23.7 Å². The average Bonchev–Trinajstić information content (AvgIpc) is 3.03.